The second kappa shape index (κ2) is 9.18. The Labute approximate surface area is 171 Å². The molecule has 0 atom stereocenters. The van der Waals surface area contributed by atoms with Crippen LogP contribution in [0.3, 0.4) is 0 Å². The Kier molecular flexibility index (Phi) is 6.42. The largest absolute Gasteiger partial charge is 0.455 e. The maximum absolute atomic E-state index is 12.5. The molecular formula is C21H30N4O2S. The van der Waals surface area contributed by atoms with Crippen LogP contribution in [-0.2, 0) is 12.8 Å². The van der Waals surface area contributed by atoms with E-state index in [1.807, 2.05) is 23.9 Å². The number of hydrogen-bond acceptors (Lipinski definition) is 5. The van der Waals surface area contributed by atoms with Crippen molar-refractivity contribution in [2.75, 3.05) is 19.6 Å². The molecule has 0 radical (unpaired) electrons. The van der Waals surface area contributed by atoms with Crippen molar-refractivity contribution in [2.45, 2.75) is 55.5 Å². The van der Waals surface area contributed by atoms with Gasteiger partial charge in [0.2, 0.25) is 0 Å². The van der Waals surface area contributed by atoms with Crippen LogP contribution in [-0.4, -0.2) is 46.0 Å². The summed E-state index contributed by atoms with van der Waals surface area (Å²) in [6, 6.07) is 3.91. The molecule has 0 aromatic carbocycles. The number of furan rings is 1. The van der Waals surface area contributed by atoms with Gasteiger partial charge in [-0.2, -0.15) is 0 Å². The molecule has 28 heavy (non-hydrogen) atoms. The zero-order valence-corrected chi connectivity index (χ0v) is 17.4. The molecule has 152 valence electrons. The molecule has 2 fully saturated rings. The fourth-order valence-electron chi connectivity index (χ4n) is 4.28. The molecule has 1 N–H and O–H groups in total. The minimum Gasteiger partial charge on any atom is -0.455 e. The van der Waals surface area contributed by atoms with Crippen LogP contribution in [0.15, 0.2) is 34.1 Å². The average Bonchev–Trinajstić information content (AvgIpc) is 3.44. The van der Waals surface area contributed by atoms with Crippen LogP contribution >= 0.6 is 11.8 Å². The van der Waals surface area contributed by atoms with Crippen LogP contribution < -0.4 is 5.32 Å². The molecule has 4 rings (SSSR count). The molecule has 0 unspecified atom stereocenters. The lowest BCUT2D eigenvalue weighted by atomic mass is 10.0. The van der Waals surface area contributed by atoms with Crippen molar-refractivity contribution in [2.24, 2.45) is 13.0 Å². The molecule has 6 nitrogen and oxygen atoms in total. The first-order chi connectivity index (χ1) is 13.7. The number of imidazole rings is 1. The Balaban J connectivity index is 1.21. The fourth-order valence-corrected chi connectivity index (χ4v) is 5.11. The SMILES string of the molecule is Cn1ccnc1SCc1ccc(C(=O)NC2CCN(CC3CCCC3)CC2)o1. The number of carbonyl (C=O) groups excluding carboxylic acids is 1. The van der Waals surface area contributed by atoms with E-state index in [9.17, 15) is 4.79 Å². The third-order valence-corrected chi connectivity index (χ3v) is 7.00. The Bertz CT molecular complexity index is 773. The van der Waals surface area contributed by atoms with E-state index in [4.69, 9.17) is 4.42 Å². The van der Waals surface area contributed by atoms with E-state index in [0.29, 0.717) is 11.5 Å². The van der Waals surface area contributed by atoms with Crippen molar-refractivity contribution in [3.63, 3.8) is 0 Å². The van der Waals surface area contributed by atoms with E-state index in [1.165, 1.54) is 32.2 Å². The summed E-state index contributed by atoms with van der Waals surface area (Å²) >= 11 is 1.60. The van der Waals surface area contributed by atoms with Gasteiger partial charge in [0.1, 0.15) is 5.76 Å². The van der Waals surface area contributed by atoms with Crippen LogP contribution in [0.2, 0.25) is 0 Å². The van der Waals surface area contributed by atoms with Gasteiger partial charge in [0.25, 0.3) is 5.91 Å². The van der Waals surface area contributed by atoms with E-state index in [-0.39, 0.29) is 11.9 Å². The molecule has 7 heteroatoms. The van der Waals surface area contributed by atoms with Gasteiger partial charge in [0.05, 0.1) is 5.75 Å². The van der Waals surface area contributed by atoms with Gasteiger partial charge in [-0.15, -0.1) is 0 Å². The summed E-state index contributed by atoms with van der Waals surface area (Å²) in [5.74, 6) is 2.67. The van der Waals surface area contributed by atoms with Gasteiger partial charge in [-0.25, -0.2) is 4.98 Å². The number of hydrogen-bond donors (Lipinski definition) is 1. The molecule has 1 saturated heterocycles. The number of aromatic nitrogens is 2. The van der Waals surface area contributed by atoms with Crippen molar-refractivity contribution in [1.29, 1.82) is 0 Å². The summed E-state index contributed by atoms with van der Waals surface area (Å²) in [7, 11) is 1.97. The number of rotatable bonds is 7. The topological polar surface area (TPSA) is 63.3 Å². The fraction of sp³-hybridized carbons (Fsp3) is 0.619. The highest BCUT2D eigenvalue weighted by molar-refractivity contribution is 7.98. The molecule has 1 aliphatic heterocycles. The van der Waals surface area contributed by atoms with E-state index in [0.717, 1.165) is 42.8 Å². The van der Waals surface area contributed by atoms with Crippen LogP contribution in [0.5, 0.6) is 0 Å². The highest BCUT2D eigenvalue weighted by atomic mass is 32.2. The standard InChI is InChI=1S/C21H30N4O2S/c1-24-13-10-22-21(24)28-15-18-6-7-19(27-18)20(26)23-17-8-11-25(12-9-17)14-16-4-2-3-5-16/h6-7,10,13,16-17H,2-5,8-9,11-12,14-15H2,1H3,(H,23,26). The van der Waals surface area contributed by atoms with Gasteiger partial charge in [-0.3, -0.25) is 4.79 Å². The molecule has 2 aliphatic rings. The number of carbonyl (C=O) groups is 1. The Hall–Kier alpha value is -1.73. The molecule has 2 aromatic rings. The number of likely N-dealkylation sites (tertiary alicyclic amines) is 1. The van der Waals surface area contributed by atoms with Crippen LogP contribution in [0.1, 0.15) is 54.8 Å². The first kappa shape index (κ1) is 19.6. The zero-order valence-electron chi connectivity index (χ0n) is 16.6. The molecule has 0 bridgehead atoms. The van der Waals surface area contributed by atoms with Crippen molar-refractivity contribution in [3.05, 3.63) is 36.0 Å². The predicted octanol–water partition coefficient (Wildman–Crippen LogP) is 3.69. The lowest BCUT2D eigenvalue weighted by Gasteiger charge is -2.33. The number of aryl methyl sites for hydroxylation is 1. The highest BCUT2D eigenvalue weighted by Gasteiger charge is 2.25. The number of amides is 1. The lowest BCUT2D eigenvalue weighted by molar-refractivity contribution is 0.0876. The predicted molar refractivity (Wildman–Crippen MR) is 110 cm³/mol. The quantitative estimate of drug-likeness (QED) is 0.716. The van der Waals surface area contributed by atoms with Crippen LogP contribution in [0, 0.1) is 5.92 Å². The summed E-state index contributed by atoms with van der Waals surface area (Å²) in [6.07, 6.45) is 11.4. The van der Waals surface area contributed by atoms with Crippen molar-refractivity contribution >= 4 is 17.7 Å². The molecule has 2 aromatic heterocycles. The average molecular weight is 403 g/mol. The Morgan fingerprint density at radius 1 is 1.25 bits per heavy atom. The molecule has 0 spiro atoms. The molecule has 1 aliphatic carbocycles. The number of nitrogens with zero attached hydrogens (tertiary/aromatic N) is 3. The van der Waals surface area contributed by atoms with Gasteiger partial charge in [-0.05, 0) is 43.7 Å². The summed E-state index contributed by atoms with van der Waals surface area (Å²) in [5.41, 5.74) is 0. The first-order valence-corrected chi connectivity index (χ1v) is 11.4. The molecule has 1 saturated carbocycles. The first-order valence-electron chi connectivity index (χ1n) is 10.4. The third kappa shape index (κ3) is 5.00. The van der Waals surface area contributed by atoms with Gasteiger partial charge >= 0.3 is 0 Å². The summed E-state index contributed by atoms with van der Waals surface area (Å²) in [6.45, 7) is 3.42. The maximum atomic E-state index is 12.5. The maximum Gasteiger partial charge on any atom is 0.287 e. The van der Waals surface area contributed by atoms with E-state index < -0.39 is 0 Å². The second-order valence-electron chi connectivity index (χ2n) is 8.07. The number of piperidine rings is 1. The van der Waals surface area contributed by atoms with E-state index in [2.05, 4.69) is 15.2 Å². The van der Waals surface area contributed by atoms with Gasteiger partial charge in [-0.1, -0.05) is 24.6 Å². The highest BCUT2D eigenvalue weighted by Crippen LogP contribution is 2.26. The van der Waals surface area contributed by atoms with Gasteiger partial charge in [0, 0.05) is 45.1 Å². The normalized spacial score (nSPS) is 19.3. The van der Waals surface area contributed by atoms with Gasteiger partial charge in [0.15, 0.2) is 10.9 Å². The molecule has 3 heterocycles. The van der Waals surface area contributed by atoms with E-state index in [1.54, 1.807) is 24.0 Å². The van der Waals surface area contributed by atoms with E-state index >= 15 is 0 Å². The summed E-state index contributed by atoms with van der Waals surface area (Å²) in [5, 5.41) is 4.10. The minimum atomic E-state index is -0.0949. The third-order valence-electron chi connectivity index (χ3n) is 5.92. The van der Waals surface area contributed by atoms with Crippen LogP contribution in [0.4, 0.5) is 0 Å². The van der Waals surface area contributed by atoms with Crippen molar-refractivity contribution in [3.8, 4) is 0 Å². The molecular weight excluding hydrogens is 372 g/mol. The summed E-state index contributed by atoms with van der Waals surface area (Å²) < 4.78 is 7.73. The summed E-state index contributed by atoms with van der Waals surface area (Å²) in [4.78, 5) is 19.4. The van der Waals surface area contributed by atoms with Crippen molar-refractivity contribution in [1.82, 2.24) is 19.8 Å². The monoisotopic (exact) mass is 402 g/mol. The Morgan fingerprint density at radius 2 is 2.04 bits per heavy atom. The second-order valence-corrected chi connectivity index (χ2v) is 9.02. The zero-order chi connectivity index (χ0) is 19.3. The van der Waals surface area contributed by atoms with Crippen LogP contribution in [0.25, 0.3) is 0 Å². The van der Waals surface area contributed by atoms with Gasteiger partial charge < -0.3 is 19.2 Å². The Morgan fingerprint density at radius 3 is 2.75 bits per heavy atom. The van der Waals surface area contributed by atoms with Crippen molar-refractivity contribution < 1.29 is 9.21 Å². The number of nitrogens with one attached hydrogen (secondary N) is 1. The lowest BCUT2D eigenvalue weighted by Crippen LogP contribution is -2.45. The molecule has 1 amide bonds. The smallest absolute Gasteiger partial charge is 0.287 e. The minimum absolute atomic E-state index is 0.0949. The number of thioether (sulfide) groups is 1.